The van der Waals surface area contributed by atoms with E-state index in [1.165, 1.54) is 0 Å². The van der Waals surface area contributed by atoms with Gasteiger partial charge in [-0.05, 0) is 18.5 Å². The van der Waals surface area contributed by atoms with E-state index in [0.29, 0.717) is 6.04 Å². The molecule has 0 radical (unpaired) electrons. The molecule has 0 saturated heterocycles. The van der Waals surface area contributed by atoms with Crippen LogP contribution in [0.1, 0.15) is 20.8 Å². The Balaban J connectivity index is 2.49. The van der Waals surface area contributed by atoms with E-state index in [9.17, 15) is 0 Å². The highest BCUT2D eigenvalue weighted by Gasteiger charge is 2.22. The van der Waals surface area contributed by atoms with Gasteiger partial charge in [-0.3, -0.25) is 0 Å². The van der Waals surface area contributed by atoms with Gasteiger partial charge in [0, 0.05) is 18.0 Å². The fourth-order valence-electron chi connectivity index (χ4n) is 1.30. The molecule has 4 heteroatoms. The number of thioether (sulfide) groups is 1. The Morgan fingerprint density at radius 2 is 2.20 bits per heavy atom. The van der Waals surface area contributed by atoms with Gasteiger partial charge in [-0.2, -0.15) is 0 Å². The molecule has 1 unspecified atom stereocenters. The Morgan fingerprint density at radius 1 is 1.47 bits per heavy atom. The predicted molar refractivity (Wildman–Crippen MR) is 65.1 cm³/mol. The zero-order chi connectivity index (χ0) is 11.3. The van der Waals surface area contributed by atoms with E-state index in [-0.39, 0.29) is 5.41 Å². The summed E-state index contributed by atoms with van der Waals surface area (Å²) in [4.78, 5) is 8.09. The molecule has 1 aromatic heterocycles. The number of rotatable bonds is 4. The Bertz CT molecular complexity index is 282. The first kappa shape index (κ1) is 12.5. The van der Waals surface area contributed by atoms with Crippen LogP contribution in [0.15, 0.2) is 23.6 Å². The molecule has 0 aliphatic rings. The van der Waals surface area contributed by atoms with Crippen LogP contribution in [0.2, 0.25) is 0 Å². The summed E-state index contributed by atoms with van der Waals surface area (Å²) in [6, 6.07) is 2.43. The van der Waals surface area contributed by atoms with Crippen molar-refractivity contribution in [3.63, 3.8) is 0 Å². The highest BCUT2D eigenvalue weighted by Crippen LogP contribution is 2.24. The summed E-state index contributed by atoms with van der Waals surface area (Å²) in [5.41, 5.74) is 0.273. The molecule has 0 aromatic carbocycles. The summed E-state index contributed by atoms with van der Waals surface area (Å²) >= 11 is 1.77. The van der Waals surface area contributed by atoms with E-state index in [4.69, 9.17) is 0 Å². The van der Waals surface area contributed by atoms with Crippen molar-refractivity contribution in [1.29, 1.82) is 0 Å². The Kier molecular flexibility index (Phi) is 4.54. The van der Waals surface area contributed by atoms with Crippen LogP contribution in [-0.2, 0) is 0 Å². The molecule has 0 aliphatic heterocycles. The van der Waals surface area contributed by atoms with Gasteiger partial charge < -0.3 is 5.32 Å². The summed E-state index contributed by atoms with van der Waals surface area (Å²) in [7, 11) is 2.01. The highest BCUT2D eigenvalue weighted by atomic mass is 32.2. The monoisotopic (exact) mass is 225 g/mol. The smallest absolute Gasteiger partial charge is 0.116 e. The van der Waals surface area contributed by atoms with E-state index < -0.39 is 0 Å². The van der Waals surface area contributed by atoms with Gasteiger partial charge in [0.15, 0.2) is 0 Å². The van der Waals surface area contributed by atoms with Crippen molar-refractivity contribution in [2.24, 2.45) is 5.41 Å². The predicted octanol–water partition coefficient (Wildman–Crippen LogP) is 2.20. The first-order chi connectivity index (χ1) is 7.04. The quantitative estimate of drug-likeness (QED) is 0.630. The molecule has 0 fully saturated rings. The molecule has 1 aromatic rings. The lowest BCUT2D eigenvalue weighted by molar-refractivity contribution is 0.305. The lowest BCUT2D eigenvalue weighted by Gasteiger charge is -2.29. The summed E-state index contributed by atoms with van der Waals surface area (Å²) < 4.78 is 0. The lowest BCUT2D eigenvalue weighted by atomic mass is 9.88. The van der Waals surface area contributed by atoms with E-state index in [1.807, 2.05) is 13.1 Å². The molecule has 0 amide bonds. The van der Waals surface area contributed by atoms with Gasteiger partial charge in [-0.1, -0.05) is 20.8 Å². The second kappa shape index (κ2) is 5.47. The van der Waals surface area contributed by atoms with Crippen molar-refractivity contribution in [2.45, 2.75) is 31.8 Å². The number of nitrogens with zero attached hydrogens (tertiary/aromatic N) is 2. The van der Waals surface area contributed by atoms with Crippen LogP contribution in [-0.4, -0.2) is 28.8 Å². The maximum absolute atomic E-state index is 4.19. The highest BCUT2D eigenvalue weighted by molar-refractivity contribution is 7.99. The molecule has 1 heterocycles. The third-order valence-corrected chi connectivity index (χ3v) is 3.38. The molecule has 0 bridgehead atoms. The molecular formula is C11H19N3S. The Hall–Kier alpha value is -0.610. The molecule has 0 spiro atoms. The van der Waals surface area contributed by atoms with Crippen molar-refractivity contribution in [3.05, 3.63) is 18.6 Å². The van der Waals surface area contributed by atoms with Crippen LogP contribution in [0.25, 0.3) is 0 Å². The molecular weight excluding hydrogens is 206 g/mol. The second-order valence-corrected chi connectivity index (χ2v) is 5.61. The van der Waals surface area contributed by atoms with Gasteiger partial charge >= 0.3 is 0 Å². The van der Waals surface area contributed by atoms with Crippen molar-refractivity contribution < 1.29 is 0 Å². The number of aromatic nitrogens is 2. The third-order valence-electron chi connectivity index (χ3n) is 2.35. The topological polar surface area (TPSA) is 37.8 Å². The average molecular weight is 225 g/mol. The van der Waals surface area contributed by atoms with E-state index in [2.05, 4.69) is 36.1 Å². The minimum Gasteiger partial charge on any atom is -0.316 e. The Labute approximate surface area is 96.1 Å². The fraction of sp³-hybridized carbons (Fsp3) is 0.636. The Morgan fingerprint density at radius 3 is 2.67 bits per heavy atom. The van der Waals surface area contributed by atoms with Gasteiger partial charge in [0.1, 0.15) is 6.33 Å². The molecule has 3 nitrogen and oxygen atoms in total. The fourth-order valence-corrected chi connectivity index (χ4v) is 2.58. The molecule has 84 valence electrons. The zero-order valence-corrected chi connectivity index (χ0v) is 10.6. The van der Waals surface area contributed by atoms with Crippen LogP contribution < -0.4 is 5.32 Å². The van der Waals surface area contributed by atoms with Crippen LogP contribution in [0, 0.1) is 5.41 Å². The van der Waals surface area contributed by atoms with Crippen LogP contribution in [0.3, 0.4) is 0 Å². The zero-order valence-electron chi connectivity index (χ0n) is 9.82. The molecule has 0 aliphatic carbocycles. The van der Waals surface area contributed by atoms with Gasteiger partial charge in [-0.15, -0.1) is 11.8 Å². The number of hydrogen-bond acceptors (Lipinski definition) is 4. The van der Waals surface area contributed by atoms with Crippen LogP contribution in [0.4, 0.5) is 0 Å². The van der Waals surface area contributed by atoms with E-state index in [0.717, 1.165) is 10.8 Å². The summed E-state index contributed by atoms with van der Waals surface area (Å²) in [6.07, 6.45) is 3.37. The molecule has 1 N–H and O–H groups in total. The largest absolute Gasteiger partial charge is 0.316 e. The van der Waals surface area contributed by atoms with Crippen molar-refractivity contribution >= 4 is 11.8 Å². The maximum Gasteiger partial charge on any atom is 0.116 e. The van der Waals surface area contributed by atoms with Gasteiger partial charge in [0.05, 0.1) is 5.03 Å². The van der Waals surface area contributed by atoms with Gasteiger partial charge in [-0.25, -0.2) is 9.97 Å². The minimum atomic E-state index is 0.273. The standard InChI is InChI=1S/C11H19N3S/c1-11(2,3)9(12-4)7-15-10-5-6-13-8-14-10/h5-6,8-9,12H,7H2,1-4H3. The second-order valence-electron chi connectivity index (χ2n) is 4.57. The van der Waals surface area contributed by atoms with Crippen LogP contribution >= 0.6 is 11.8 Å². The first-order valence-electron chi connectivity index (χ1n) is 5.10. The van der Waals surface area contributed by atoms with Gasteiger partial charge in [0.25, 0.3) is 0 Å². The van der Waals surface area contributed by atoms with Crippen molar-refractivity contribution in [2.75, 3.05) is 12.8 Å². The summed E-state index contributed by atoms with van der Waals surface area (Å²) in [5.74, 6) is 1.02. The van der Waals surface area contributed by atoms with Crippen molar-refractivity contribution in [3.8, 4) is 0 Å². The number of hydrogen-bond donors (Lipinski definition) is 1. The van der Waals surface area contributed by atoms with Crippen LogP contribution in [0.5, 0.6) is 0 Å². The molecule has 0 saturated carbocycles. The number of nitrogens with one attached hydrogen (secondary N) is 1. The molecule has 15 heavy (non-hydrogen) atoms. The van der Waals surface area contributed by atoms with Crippen molar-refractivity contribution in [1.82, 2.24) is 15.3 Å². The van der Waals surface area contributed by atoms with E-state index in [1.54, 1.807) is 24.3 Å². The maximum atomic E-state index is 4.19. The average Bonchev–Trinajstić information content (AvgIpc) is 2.18. The third kappa shape index (κ3) is 4.18. The molecule has 1 atom stereocenters. The summed E-state index contributed by atoms with van der Waals surface area (Å²) in [5, 5.41) is 4.38. The first-order valence-corrected chi connectivity index (χ1v) is 6.08. The summed E-state index contributed by atoms with van der Waals surface area (Å²) in [6.45, 7) is 6.73. The van der Waals surface area contributed by atoms with E-state index >= 15 is 0 Å². The normalized spacial score (nSPS) is 13.9. The van der Waals surface area contributed by atoms with Gasteiger partial charge in [0.2, 0.25) is 0 Å². The molecule has 1 rings (SSSR count). The lowest BCUT2D eigenvalue weighted by Crippen LogP contribution is -2.40. The minimum absolute atomic E-state index is 0.273. The SMILES string of the molecule is CNC(CSc1ccncn1)C(C)(C)C.